The summed E-state index contributed by atoms with van der Waals surface area (Å²) in [6.45, 7) is 5.64. The highest BCUT2D eigenvalue weighted by molar-refractivity contribution is 7.89. The number of carbonyl (C=O) groups is 1. The molecule has 0 atom stereocenters. The fourth-order valence-electron chi connectivity index (χ4n) is 3.41. The molecule has 1 aromatic heterocycles. The molecule has 1 amide bonds. The maximum absolute atomic E-state index is 13.0. The Hall–Kier alpha value is -2.19. The van der Waals surface area contributed by atoms with Gasteiger partial charge in [-0.2, -0.15) is 4.31 Å². The zero-order valence-corrected chi connectivity index (χ0v) is 17.1. The van der Waals surface area contributed by atoms with Crippen LogP contribution in [0.4, 0.5) is 0 Å². The summed E-state index contributed by atoms with van der Waals surface area (Å²) in [4.78, 5) is 27.4. The van der Waals surface area contributed by atoms with Crippen molar-refractivity contribution in [3.8, 4) is 0 Å². The maximum atomic E-state index is 13.0. The lowest BCUT2D eigenvalue weighted by Gasteiger charge is -2.26. The molecule has 0 saturated carbocycles. The first-order valence-corrected chi connectivity index (χ1v) is 11.2. The monoisotopic (exact) mass is 405 g/mol. The van der Waals surface area contributed by atoms with Gasteiger partial charge < -0.3 is 10.3 Å². The van der Waals surface area contributed by atoms with E-state index in [4.69, 9.17) is 0 Å². The summed E-state index contributed by atoms with van der Waals surface area (Å²) in [5.74, 6) is 0.0711. The van der Waals surface area contributed by atoms with Crippen LogP contribution >= 0.6 is 0 Å². The van der Waals surface area contributed by atoms with Crippen LogP contribution in [0.15, 0.2) is 34.0 Å². The van der Waals surface area contributed by atoms with E-state index in [1.165, 1.54) is 22.5 Å². The topological polar surface area (TPSA) is 99.3 Å². The smallest absolute Gasteiger partial charge is 0.252 e. The van der Waals surface area contributed by atoms with Crippen LogP contribution in [0.25, 0.3) is 10.9 Å². The Morgan fingerprint density at radius 2 is 1.89 bits per heavy atom. The second kappa shape index (κ2) is 8.45. The minimum atomic E-state index is -3.62. The maximum Gasteiger partial charge on any atom is 0.252 e. The number of aromatic amines is 1. The standard InChI is InChI=1S/C20H27N3O4S/c1-14(2)8-9-21-20(25)17-13-19(24)22-18-7-6-15(12-16(17)18)28(26,27)23-10-4-3-5-11-23/h6-7,12-14H,3-5,8-11H2,1-2H3,(H,21,25)(H,22,24). The van der Waals surface area contributed by atoms with Gasteiger partial charge in [0, 0.05) is 36.6 Å². The van der Waals surface area contributed by atoms with Gasteiger partial charge in [0.05, 0.1) is 10.5 Å². The van der Waals surface area contributed by atoms with Crippen molar-refractivity contribution >= 4 is 26.8 Å². The molecule has 152 valence electrons. The molecule has 7 nitrogen and oxygen atoms in total. The molecule has 0 aliphatic carbocycles. The number of nitrogens with one attached hydrogen (secondary N) is 2. The van der Waals surface area contributed by atoms with E-state index in [0.29, 0.717) is 36.5 Å². The van der Waals surface area contributed by atoms with E-state index >= 15 is 0 Å². The average molecular weight is 406 g/mol. The number of fused-ring (bicyclic) bond motifs is 1. The number of piperidine rings is 1. The van der Waals surface area contributed by atoms with Gasteiger partial charge >= 0.3 is 0 Å². The van der Waals surface area contributed by atoms with Crippen molar-refractivity contribution in [1.29, 1.82) is 0 Å². The van der Waals surface area contributed by atoms with Crippen LogP contribution in [0, 0.1) is 5.92 Å². The zero-order valence-electron chi connectivity index (χ0n) is 16.3. The number of pyridine rings is 1. The Balaban J connectivity index is 1.99. The first-order valence-electron chi connectivity index (χ1n) is 9.74. The molecule has 1 aromatic carbocycles. The first kappa shape index (κ1) is 20.5. The van der Waals surface area contributed by atoms with Crippen LogP contribution in [-0.4, -0.2) is 43.2 Å². The van der Waals surface area contributed by atoms with Crippen molar-refractivity contribution < 1.29 is 13.2 Å². The third kappa shape index (κ3) is 4.44. The van der Waals surface area contributed by atoms with Gasteiger partial charge in [0.2, 0.25) is 15.6 Å². The minimum Gasteiger partial charge on any atom is -0.352 e. The lowest BCUT2D eigenvalue weighted by molar-refractivity contribution is 0.0953. The average Bonchev–Trinajstić information content (AvgIpc) is 2.67. The lowest BCUT2D eigenvalue weighted by Crippen LogP contribution is -2.35. The van der Waals surface area contributed by atoms with E-state index in [1.54, 1.807) is 6.07 Å². The van der Waals surface area contributed by atoms with E-state index < -0.39 is 15.6 Å². The molecule has 0 bridgehead atoms. The Morgan fingerprint density at radius 1 is 1.18 bits per heavy atom. The Bertz CT molecular complexity index is 1020. The molecule has 2 N–H and O–H groups in total. The number of amides is 1. The molecule has 2 heterocycles. The first-order chi connectivity index (χ1) is 13.3. The number of sulfonamides is 1. The summed E-state index contributed by atoms with van der Waals surface area (Å²) >= 11 is 0. The van der Waals surface area contributed by atoms with E-state index in [2.05, 4.69) is 24.1 Å². The molecule has 1 aliphatic rings. The van der Waals surface area contributed by atoms with Gasteiger partial charge in [0.25, 0.3) is 5.91 Å². The van der Waals surface area contributed by atoms with Gasteiger partial charge in [0.1, 0.15) is 0 Å². The largest absolute Gasteiger partial charge is 0.352 e. The highest BCUT2D eigenvalue weighted by Gasteiger charge is 2.26. The summed E-state index contributed by atoms with van der Waals surface area (Å²) in [6.07, 6.45) is 3.56. The fraction of sp³-hybridized carbons (Fsp3) is 0.500. The third-order valence-electron chi connectivity index (χ3n) is 5.02. The molecular formula is C20H27N3O4S. The minimum absolute atomic E-state index is 0.144. The SMILES string of the molecule is CC(C)CCNC(=O)c1cc(=O)[nH]c2ccc(S(=O)(=O)N3CCCCC3)cc12. The molecule has 1 aliphatic heterocycles. The molecule has 1 fully saturated rings. The fourth-order valence-corrected chi connectivity index (χ4v) is 4.95. The van der Waals surface area contributed by atoms with Crippen molar-refractivity contribution in [2.24, 2.45) is 5.92 Å². The Morgan fingerprint density at radius 3 is 2.57 bits per heavy atom. The van der Waals surface area contributed by atoms with Crippen molar-refractivity contribution in [3.05, 3.63) is 40.2 Å². The van der Waals surface area contributed by atoms with Crippen LogP contribution in [0.1, 0.15) is 49.9 Å². The predicted octanol–water partition coefficient (Wildman–Crippen LogP) is 2.48. The van der Waals surface area contributed by atoms with Gasteiger partial charge in [0.15, 0.2) is 0 Å². The van der Waals surface area contributed by atoms with E-state index in [-0.39, 0.29) is 16.4 Å². The van der Waals surface area contributed by atoms with Gasteiger partial charge in [-0.1, -0.05) is 20.3 Å². The number of H-pyrrole nitrogens is 1. The second-order valence-corrected chi connectivity index (χ2v) is 9.60. The number of hydrogen-bond donors (Lipinski definition) is 2. The van der Waals surface area contributed by atoms with E-state index in [1.807, 2.05) is 0 Å². The highest BCUT2D eigenvalue weighted by Crippen LogP contribution is 2.25. The summed E-state index contributed by atoms with van der Waals surface area (Å²) in [5, 5.41) is 3.25. The normalized spacial score (nSPS) is 15.8. The molecule has 8 heteroatoms. The zero-order chi connectivity index (χ0) is 20.3. The summed E-state index contributed by atoms with van der Waals surface area (Å²) in [5.41, 5.74) is 0.241. The molecule has 3 rings (SSSR count). The van der Waals surface area contributed by atoms with Crippen molar-refractivity contribution in [2.45, 2.75) is 44.4 Å². The predicted molar refractivity (Wildman–Crippen MR) is 109 cm³/mol. The third-order valence-corrected chi connectivity index (χ3v) is 6.91. The summed E-state index contributed by atoms with van der Waals surface area (Å²) in [6, 6.07) is 5.76. The second-order valence-electron chi connectivity index (χ2n) is 7.66. The van der Waals surface area contributed by atoms with E-state index in [0.717, 1.165) is 25.7 Å². The quantitative estimate of drug-likeness (QED) is 0.771. The molecule has 0 radical (unpaired) electrons. The number of hydrogen-bond acceptors (Lipinski definition) is 4. The highest BCUT2D eigenvalue weighted by atomic mass is 32.2. The van der Waals surface area contributed by atoms with Crippen molar-refractivity contribution in [3.63, 3.8) is 0 Å². The Labute approximate surface area is 165 Å². The van der Waals surface area contributed by atoms with Crippen molar-refractivity contribution in [1.82, 2.24) is 14.6 Å². The number of rotatable bonds is 6. The number of benzene rings is 1. The summed E-state index contributed by atoms with van der Waals surface area (Å²) in [7, 11) is -3.62. The number of aromatic nitrogens is 1. The lowest BCUT2D eigenvalue weighted by atomic mass is 10.1. The van der Waals surface area contributed by atoms with Gasteiger partial charge in [-0.15, -0.1) is 0 Å². The van der Waals surface area contributed by atoms with E-state index in [9.17, 15) is 18.0 Å². The molecular weight excluding hydrogens is 378 g/mol. The molecule has 0 unspecified atom stereocenters. The molecule has 2 aromatic rings. The van der Waals surface area contributed by atoms with Gasteiger partial charge in [-0.25, -0.2) is 8.42 Å². The number of carbonyl (C=O) groups excluding carboxylic acids is 1. The number of nitrogens with zero attached hydrogens (tertiary/aromatic N) is 1. The van der Waals surface area contributed by atoms with Crippen LogP contribution in [-0.2, 0) is 10.0 Å². The van der Waals surface area contributed by atoms with Gasteiger partial charge in [-0.05, 0) is 43.4 Å². The summed E-state index contributed by atoms with van der Waals surface area (Å²) < 4.78 is 27.5. The Kier molecular flexibility index (Phi) is 6.20. The van der Waals surface area contributed by atoms with Crippen molar-refractivity contribution in [2.75, 3.05) is 19.6 Å². The van der Waals surface area contributed by atoms with Crippen LogP contribution in [0.5, 0.6) is 0 Å². The molecule has 1 saturated heterocycles. The van der Waals surface area contributed by atoms with Gasteiger partial charge in [-0.3, -0.25) is 9.59 Å². The van der Waals surface area contributed by atoms with Crippen LogP contribution < -0.4 is 10.9 Å². The van der Waals surface area contributed by atoms with Crippen LogP contribution in [0.3, 0.4) is 0 Å². The molecule has 0 spiro atoms. The molecule has 28 heavy (non-hydrogen) atoms. The van der Waals surface area contributed by atoms with Crippen LogP contribution in [0.2, 0.25) is 0 Å².